The molecule has 0 spiro atoms. The van der Waals surface area contributed by atoms with Crippen LogP contribution in [0.25, 0.3) is 0 Å². The smallest absolute Gasteiger partial charge is 0.287 e. The second-order valence-electron chi connectivity index (χ2n) is 6.94. The van der Waals surface area contributed by atoms with Crippen LogP contribution < -0.4 is 9.21 Å². The third-order valence-electron chi connectivity index (χ3n) is 5.01. The lowest BCUT2D eigenvalue weighted by Crippen LogP contribution is -2.51. The summed E-state index contributed by atoms with van der Waals surface area (Å²) in [6.45, 7) is 3.43. The molecule has 0 N–H and O–H groups in total. The van der Waals surface area contributed by atoms with Crippen LogP contribution >= 0.6 is 0 Å². The fourth-order valence-corrected chi connectivity index (χ4v) is 5.33. The fraction of sp³-hybridized carbons (Fsp3) is 0.136. The van der Waals surface area contributed by atoms with Gasteiger partial charge in [0, 0.05) is 5.56 Å². The average Bonchev–Trinajstić information content (AvgIpc) is 2.69. The van der Waals surface area contributed by atoms with Crippen molar-refractivity contribution in [2.75, 3.05) is 9.21 Å². The number of carbonyl (C=O) groups is 1. The first kappa shape index (κ1) is 19.1. The Morgan fingerprint density at radius 2 is 1.48 bits per heavy atom. The lowest BCUT2D eigenvalue weighted by atomic mass is 10.1. The van der Waals surface area contributed by atoms with Gasteiger partial charge in [-0.15, -0.1) is 0 Å². The van der Waals surface area contributed by atoms with E-state index in [1.807, 2.05) is 0 Å². The number of benzene rings is 3. The van der Waals surface area contributed by atoms with Crippen LogP contribution in [0, 0.1) is 19.7 Å². The fourth-order valence-electron chi connectivity index (χ4n) is 3.60. The second-order valence-corrected chi connectivity index (χ2v) is 8.69. The molecule has 3 aromatic rings. The molecule has 29 heavy (non-hydrogen) atoms. The van der Waals surface area contributed by atoms with E-state index in [2.05, 4.69) is 0 Å². The van der Waals surface area contributed by atoms with E-state index in [1.165, 1.54) is 17.0 Å². The molecule has 0 atom stereocenters. The number of hydrogen-bond acceptors (Lipinski definition) is 3. The number of carbonyl (C=O) groups excluding carboxylic acids is 1. The van der Waals surface area contributed by atoms with Crippen LogP contribution in [0.5, 0.6) is 0 Å². The Hall–Kier alpha value is -3.19. The van der Waals surface area contributed by atoms with Gasteiger partial charge in [0.2, 0.25) is 0 Å². The van der Waals surface area contributed by atoms with Gasteiger partial charge in [-0.25, -0.2) is 17.6 Å². The van der Waals surface area contributed by atoms with Gasteiger partial charge in [0.15, 0.2) is 0 Å². The molecular weight excluding hydrogens is 391 g/mol. The number of nitrogens with zero attached hydrogens (tertiary/aromatic N) is 2. The number of urea groups is 1. The van der Waals surface area contributed by atoms with Crippen molar-refractivity contribution < 1.29 is 17.6 Å². The minimum atomic E-state index is -4.12. The average molecular weight is 410 g/mol. The summed E-state index contributed by atoms with van der Waals surface area (Å²) in [5, 5.41) is 0. The Balaban J connectivity index is 1.94. The van der Waals surface area contributed by atoms with Gasteiger partial charge in [0.25, 0.3) is 10.0 Å². The van der Waals surface area contributed by atoms with Crippen LogP contribution in [-0.2, 0) is 16.6 Å². The van der Waals surface area contributed by atoms with Crippen LogP contribution in [0.15, 0.2) is 71.6 Å². The molecule has 0 bridgehead atoms. The van der Waals surface area contributed by atoms with E-state index in [4.69, 9.17) is 0 Å². The zero-order valence-electron chi connectivity index (χ0n) is 16.0. The molecule has 0 saturated carbocycles. The molecule has 5 nitrogen and oxygen atoms in total. The molecule has 2 amide bonds. The molecule has 148 valence electrons. The highest BCUT2D eigenvalue weighted by Crippen LogP contribution is 2.40. The van der Waals surface area contributed by atoms with Crippen molar-refractivity contribution in [3.05, 3.63) is 89.2 Å². The highest BCUT2D eigenvalue weighted by atomic mass is 32.2. The van der Waals surface area contributed by atoms with Crippen molar-refractivity contribution in [3.8, 4) is 0 Å². The Kier molecular flexibility index (Phi) is 4.62. The van der Waals surface area contributed by atoms with Gasteiger partial charge in [0.1, 0.15) is 10.7 Å². The number of anilines is 2. The number of sulfonamides is 1. The third kappa shape index (κ3) is 3.07. The minimum absolute atomic E-state index is 0.0126. The molecular formula is C22H19FN2O3S. The second kappa shape index (κ2) is 7.00. The Morgan fingerprint density at radius 1 is 0.862 bits per heavy atom. The maximum Gasteiger partial charge on any atom is 0.343 e. The molecule has 4 rings (SSSR count). The summed E-state index contributed by atoms with van der Waals surface area (Å²) in [5.74, 6) is -0.454. The van der Waals surface area contributed by atoms with E-state index in [9.17, 15) is 17.6 Å². The normalized spacial score (nSPS) is 15.3. The number of halogens is 1. The third-order valence-corrected chi connectivity index (χ3v) is 6.73. The number of para-hydroxylation sites is 2. The summed E-state index contributed by atoms with van der Waals surface area (Å²) in [6.07, 6.45) is 0. The lowest BCUT2D eigenvalue weighted by molar-refractivity contribution is 0.253. The molecule has 0 aromatic heterocycles. The van der Waals surface area contributed by atoms with E-state index < -0.39 is 21.9 Å². The zero-order valence-corrected chi connectivity index (χ0v) is 16.8. The van der Waals surface area contributed by atoms with Crippen molar-refractivity contribution in [1.82, 2.24) is 0 Å². The van der Waals surface area contributed by atoms with E-state index in [0.29, 0.717) is 22.4 Å². The summed E-state index contributed by atoms with van der Waals surface area (Å²) >= 11 is 0. The predicted octanol–water partition coefficient (Wildman–Crippen LogP) is 4.78. The van der Waals surface area contributed by atoms with Crippen LogP contribution in [0.4, 0.5) is 20.6 Å². The van der Waals surface area contributed by atoms with Gasteiger partial charge in [-0.3, -0.25) is 4.90 Å². The van der Waals surface area contributed by atoms with Gasteiger partial charge < -0.3 is 0 Å². The Labute approximate surface area is 169 Å². The maximum absolute atomic E-state index is 14.3. The van der Waals surface area contributed by atoms with E-state index >= 15 is 0 Å². The van der Waals surface area contributed by atoms with Gasteiger partial charge in [0.05, 0.1) is 17.9 Å². The lowest BCUT2D eigenvalue weighted by Gasteiger charge is -2.37. The molecule has 7 heteroatoms. The first-order chi connectivity index (χ1) is 13.8. The van der Waals surface area contributed by atoms with E-state index in [1.54, 1.807) is 68.4 Å². The summed E-state index contributed by atoms with van der Waals surface area (Å²) in [4.78, 5) is 14.8. The molecule has 1 aliphatic rings. The maximum atomic E-state index is 14.3. The van der Waals surface area contributed by atoms with E-state index in [-0.39, 0.29) is 17.1 Å². The van der Waals surface area contributed by atoms with Crippen molar-refractivity contribution >= 4 is 27.4 Å². The van der Waals surface area contributed by atoms with Gasteiger partial charge in [-0.05, 0) is 43.2 Å². The molecule has 0 aliphatic carbocycles. The van der Waals surface area contributed by atoms with Crippen molar-refractivity contribution in [2.24, 2.45) is 0 Å². The first-order valence-corrected chi connectivity index (χ1v) is 10.5. The van der Waals surface area contributed by atoms with Crippen LogP contribution in [0.3, 0.4) is 0 Å². The Morgan fingerprint density at radius 3 is 2.17 bits per heavy atom. The molecule has 0 unspecified atom stereocenters. The van der Waals surface area contributed by atoms with E-state index in [0.717, 1.165) is 4.31 Å². The van der Waals surface area contributed by atoms with Crippen molar-refractivity contribution in [2.45, 2.75) is 25.3 Å². The number of aryl methyl sites for hydroxylation is 2. The molecule has 1 heterocycles. The van der Waals surface area contributed by atoms with Crippen LogP contribution in [0.1, 0.15) is 16.7 Å². The summed E-state index contributed by atoms with van der Waals surface area (Å²) in [5.41, 5.74) is 2.18. The zero-order chi connectivity index (χ0) is 20.8. The molecule has 3 aromatic carbocycles. The van der Waals surface area contributed by atoms with Crippen molar-refractivity contribution in [3.63, 3.8) is 0 Å². The molecule has 0 saturated heterocycles. The van der Waals surface area contributed by atoms with Crippen LogP contribution in [0.2, 0.25) is 0 Å². The number of fused-ring (bicyclic) bond motifs is 1. The SMILES string of the molecule is Cc1cccc(C)c1N1C(=O)N(Cc2ccccc2F)c2ccccc2S1(=O)=O. The predicted molar refractivity (Wildman–Crippen MR) is 110 cm³/mol. The molecule has 0 radical (unpaired) electrons. The topological polar surface area (TPSA) is 57.7 Å². The standard InChI is InChI=1S/C22H19FN2O3S/c1-15-8-7-9-16(2)21(15)25-22(26)24(14-17-10-3-4-11-18(17)23)19-12-5-6-13-20(19)29(25,27)28/h3-13H,14H2,1-2H3. The van der Waals surface area contributed by atoms with Gasteiger partial charge >= 0.3 is 6.03 Å². The Bertz CT molecular complexity index is 1200. The molecule has 1 aliphatic heterocycles. The highest BCUT2D eigenvalue weighted by molar-refractivity contribution is 7.94. The largest absolute Gasteiger partial charge is 0.343 e. The van der Waals surface area contributed by atoms with Crippen LogP contribution in [-0.4, -0.2) is 14.4 Å². The first-order valence-electron chi connectivity index (χ1n) is 9.08. The molecule has 0 fully saturated rings. The van der Waals surface area contributed by atoms with Crippen molar-refractivity contribution in [1.29, 1.82) is 0 Å². The number of hydrogen-bond donors (Lipinski definition) is 0. The van der Waals surface area contributed by atoms with Gasteiger partial charge in [-0.2, -0.15) is 4.31 Å². The quantitative estimate of drug-likeness (QED) is 0.625. The summed E-state index contributed by atoms with van der Waals surface area (Å²) in [6, 6.07) is 17.0. The monoisotopic (exact) mass is 410 g/mol. The van der Waals surface area contributed by atoms with Gasteiger partial charge in [-0.1, -0.05) is 48.5 Å². The highest BCUT2D eigenvalue weighted by Gasteiger charge is 2.43. The summed E-state index contributed by atoms with van der Waals surface area (Å²) < 4.78 is 41.9. The summed E-state index contributed by atoms with van der Waals surface area (Å²) in [7, 11) is -4.12. The number of rotatable bonds is 3. The minimum Gasteiger partial charge on any atom is -0.287 e. The number of amides is 2.